The zero-order chi connectivity index (χ0) is 14.3. The minimum Gasteiger partial charge on any atom is -0.482 e. The van der Waals surface area contributed by atoms with Gasteiger partial charge in [0.05, 0.1) is 0 Å². The van der Waals surface area contributed by atoms with Gasteiger partial charge >= 0.3 is 5.97 Å². The van der Waals surface area contributed by atoms with Gasteiger partial charge in [0.1, 0.15) is 5.75 Å². The third-order valence-electron chi connectivity index (χ3n) is 2.34. The van der Waals surface area contributed by atoms with Gasteiger partial charge < -0.3 is 15.2 Å². The van der Waals surface area contributed by atoms with E-state index in [1.54, 1.807) is 31.2 Å². The smallest absolute Gasteiger partial charge is 0.341 e. The Morgan fingerprint density at radius 2 is 1.95 bits per heavy atom. The summed E-state index contributed by atoms with van der Waals surface area (Å²) in [6, 6.07) is 6.54. The maximum Gasteiger partial charge on any atom is 0.341 e. The van der Waals surface area contributed by atoms with Gasteiger partial charge in [0.15, 0.2) is 6.61 Å². The molecule has 0 unspecified atom stereocenters. The average molecular weight is 263 g/mol. The van der Waals surface area contributed by atoms with Crippen molar-refractivity contribution in [2.75, 3.05) is 11.9 Å². The van der Waals surface area contributed by atoms with Crippen molar-refractivity contribution in [2.45, 2.75) is 20.3 Å². The number of aliphatic carboxylic acids is 1. The maximum absolute atomic E-state index is 11.7. The molecule has 2 N–H and O–H groups in total. The summed E-state index contributed by atoms with van der Waals surface area (Å²) in [6.45, 7) is 3.33. The van der Waals surface area contributed by atoms with Gasteiger partial charge in [-0.25, -0.2) is 4.79 Å². The molecule has 102 valence electrons. The van der Waals surface area contributed by atoms with Crippen LogP contribution in [0.1, 0.15) is 20.3 Å². The van der Waals surface area contributed by atoms with Gasteiger partial charge in [-0.3, -0.25) is 4.79 Å². The van der Waals surface area contributed by atoms with E-state index in [4.69, 9.17) is 9.84 Å². The number of nitrogens with one attached hydrogen (secondary N) is 1. The molecule has 0 atom stereocenters. The molecule has 0 spiro atoms. The molecule has 0 fully saturated rings. The minimum absolute atomic E-state index is 0.152. The Morgan fingerprint density at radius 1 is 1.32 bits per heavy atom. The number of hydrogen-bond donors (Lipinski definition) is 2. The van der Waals surface area contributed by atoms with Crippen molar-refractivity contribution in [3.8, 4) is 5.75 Å². The monoisotopic (exact) mass is 263 g/mol. The number of hydrogen-bond acceptors (Lipinski definition) is 3. The normalized spacial score (nSPS) is 10.9. The minimum atomic E-state index is -1.03. The summed E-state index contributed by atoms with van der Waals surface area (Å²) in [5, 5.41) is 11.2. The van der Waals surface area contributed by atoms with Crippen LogP contribution in [0.4, 0.5) is 5.69 Å². The Morgan fingerprint density at radius 3 is 2.47 bits per heavy atom. The van der Waals surface area contributed by atoms with Crippen LogP contribution in [0.15, 0.2) is 35.9 Å². The largest absolute Gasteiger partial charge is 0.482 e. The Hall–Kier alpha value is -2.30. The molecule has 0 aliphatic heterocycles. The third kappa shape index (κ3) is 5.25. The van der Waals surface area contributed by atoms with E-state index in [9.17, 15) is 9.59 Å². The fourth-order valence-electron chi connectivity index (χ4n) is 1.41. The molecular weight excluding hydrogens is 246 g/mol. The van der Waals surface area contributed by atoms with Gasteiger partial charge in [-0.1, -0.05) is 13.0 Å². The summed E-state index contributed by atoms with van der Waals surface area (Å²) in [6.07, 6.45) is 2.65. The lowest BCUT2D eigenvalue weighted by Crippen LogP contribution is -2.12. The fourth-order valence-corrected chi connectivity index (χ4v) is 1.41. The van der Waals surface area contributed by atoms with Gasteiger partial charge in [0.25, 0.3) is 5.91 Å². The molecule has 1 aromatic carbocycles. The molecule has 0 saturated carbocycles. The Balaban J connectivity index is 2.59. The Bertz CT molecular complexity index is 477. The van der Waals surface area contributed by atoms with Gasteiger partial charge in [-0.15, -0.1) is 0 Å². The molecule has 1 rings (SSSR count). The van der Waals surface area contributed by atoms with Crippen LogP contribution in [0, 0.1) is 0 Å². The highest BCUT2D eigenvalue weighted by Gasteiger charge is 2.04. The van der Waals surface area contributed by atoms with E-state index in [-0.39, 0.29) is 12.5 Å². The van der Waals surface area contributed by atoms with E-state index in [0.29, 0.717) is 17.0 Å². The van der Waals surface area contributed by atoms with Crippen LogP contribution in [-0.4, -0.2) is 23.6 Å². The Labute approximate surface area is 111 Å². The number of anilines is 1. The van der Waals surface area contributed by atoms with Crippen LogP contribution >= 0.6 is 0 Å². The molecule has 0 aliphatic rings. The topological polar surface area (TPSA) is 75.6 Å². The first-order valence-electron chi connectivity index (χ1n) is 5.95. The van der Waals surface area contributed by atoms with Crippen LogP contribution in [0.25, 0.3) is 0 Å². The average Bonchev–Trinajstić information content (AvgIpc) is 2.38. The second kappa shape index (κ2) is 7.20. The summed E-state index contributed by atoms with van der Waals surface area (Å²) >= 11 is 0. The van der Waals surface area contributed by atoms with E-state index in [0.717, 1.165) is 6.42 Å². The molecule has 0 radical (unpaired) electrons. The van der Waals surface area contributed by atoms with Crippen LogP contribution < -0.4 is 10.1 Å². The summed E-state index contributed by atoms with van der Waals surface area (Å²) in [7, 11) is 0. The van der Waals surface area contributed by atoms with E-state index < -0.39 is 5.97 Å². The Kier molecular flexibility index (Phi) is 5.60. The van der Waals surface area contributed by atoms with Gasteiger partial charge in [-0.2, -0.15) is 0 Å². The van der Waals surface area contributed by atoms with Gasteiger partial charge in [0.2, 0.25) is 0 Å². The fraction of sp³-hybridized carbons (Fsp3) is 0.286. The number of carboxylic acids is 1. The second-order valence-electron chi connectivity index (χ2n) is 3.96. The van der Waals surface area contributed by atoms with Crippen molar-refractivity contribution in [1.82, 2.24) is 0 Å². The first-order valence-corrected chi connectivity index (χ1v) is 5.95. The first kappa shape index (κ1) is 14.8. The second-order valence-corrected chi connectivity index (χ2v) is 3.96. The summed E-state index contributed by atoms with van der Waals surface area (Å²) in [4.78, 5) is 22.0. The molecule has 1 amide bonds. The van der Waals surface area contributed by atoms with Crippen LogP contribution in [0.3, 0.4) is 0 Å². The van der Waals surface area contributed by atoms with Crippen molar-refractivity contribution in [2.24, 2.45) is 0 Å². The molecular formula is C14H17NO4. The predicted molar refractivity (Wildman–Crippen MR) is 72.3 cm³/mol. The summed E-state index contributed by atoms with van der Waals surface area (Å²) < 4.78 is 4.99. The lowest BCUT2D eigenvalue weighted by Gasteiger charge is -2.07. The number of ether oxygens (including phenoxy) is 1. The van der Waals surface area contributed by atoms with Crippen molar-refractivity contribution in [3.63, 3.8) is 0 Å². The lowest BCUT2D eigenvalue weighted by molar-refractivity contribution is -0.139. The van der Waals surface area contributed by atoms with Gasteiger partial charge in [0, 0.05) is 11.3 Å². The third-order valence-corrected chi connectivity index (χ3v) is 2.34. The molecule has 0 aromatic heterocycles. The summed E-state index contributed by atoms with van der Waals surface area (Å²) in [5.41, 5.74) is 1.30. The quantitative estimate of drug-likeness (QED) is 0.773. The molecule has 0 bridgehead atoms. The van der Waals surface area contributed by atoms with E-state index in [1.165, 1.54) is 0 Å². The van der Waals surface area contributed by atoms with Crippen LogP contribution in [-0.2, 0) is 9.59 Å². The number of allylic oxidation sites excluding steroid dienone is 1. The standard InChI is InChI=1S/C14H17NO4/c1-3-4-10(2)14(18)15-11-5-7-12(8-6-11)19-9-13(16)17/h4-8H,3,9H2,1-2H3,(H,15,18)(H,16,17). The molecule has 0 saturated heterocycles. The number of amides is 1. The number of carboxylic acid groups (broad SMARTS) is 1. The molecule has 5 nitrogen and oxygen atoms in total. The SMILES string of the molecule is CCC=C(C)C(=O)Nc1ccc(OCC(=O)O)cc1. The zero-order valence-corrected chi connectivity index (χ0v) is 11.0. The van der Waals surface area contributed by atoms with E-state index in [2.05, 4.69) is 5.32 Å². The van der Waals surface area contributed by atoms with Crippen molar-refractivity contribution in [3.05, 3.63) is 35.9 Å². The van der Waals surface area contributed by atoms with Crippen molar-refractivity contribution < 1.29 is 19.4 Å². The van der Waals surface area contributed by atoms with Crippen molar-refractivity contribution in [1.29, 1.82) is 0 Å². The maximum atomic E-state index is 11.7. The predicted octanol–water partition coefficient (Wildman–Crippen LogP) is 2.44. The highest BCUT2D eigenvalue weighted by Crippen LogP contribution is 2.16. The van der Waals surface area contributed by atoms with Crippen molar-refractivity contribution >= 4 is 17.6 Å². The van der Waals surface area contributed by atoms with Gasteiger partial charge in [-0.05, 0) is 37.6 Å². The summed E-state index contributed by atoms with van der Waals surface area (Å²) in [5.74, 6) is -0.736. The number of rotatable bonds is 6. The molecule has 5 heteroatoms. The molecule has 19 heavy (non-hydrogen) atoms. The van der Waals surface area contributed by atoms with Crippen LogP contribution in [0.5, 0.6) is 5.75 Å². The van der Waals surface area contributed by atoms with E-state index >= 15 is 0 Å². The number of carbonyl (C=O) groups excluding carboxylic acids is 1. The molecule has 1 aromatic rings. The lowest BCUT2D eigenvalue weighted by atomic mass is 10.2. The number of benzene rings is 1. The first-order chi connectivity index (χ1) is 9.02. The molecule has 0 heterocycles. The highest BCUT2D eigenvalue weighted by molar-refractivity contribution is 6.03. The van der Waals surface area contributed by atoms with E-state index in [1.807, 2.05) is 13.0 Å². The zero-order valence-electron chi connectivity index (χ0n) is 11.0. The highest BCUT2D eigenvalue weighted by atomic mass is 16.5. The van der Waals surface area contributed by atoms with Crippen LogP contribution in [0.2, 0.25) is 0 Å². The molecule has 0 aliphatic carbocycles. The number of carbonyl (C=O) groups is 2.